The molecule has 4 rings (SSSR count). The van der Waals surface area contributed by atoms with Crippen LogP contribution in [0, 0.1) is 0 Å². The van der Waals surface area contributed by atoms with Crippen molar-refractivity contribution in [3.8, 4) is 11.3 Å². The van der Waals surface area contributed by atoms with Gasteiger partial charge in [0.1, 0.15) is 0 Å². The molecule has 0 spiro atoms. The van der Waals surface area contributed by atoms with E-state index >= 15 is 0 Å². The number of likely N-dealkylation sites (tertiary alicyclic amines) is 1. The first kappa shape index (κ1) is 22.6. The van der Waals surface area contributed by atoms with Crippen LogP contribution in [0.25, 0.3) is 22.2 Å². The third kappa shape index (κ3) is 5.11. The Balaban J connectivity index is 1.60. The summed E-state index contributed by atoms with van der Waals surface area (Å²) in [6.45, 7) is 7.26. The lowest BCUT2D eigenvalue weighted by atomic mass is 9.96. The first-order valence-corrected chi connectivity index (χ1v) is 11.6. The lowest BCUT2D eigenvalue weighted by Gasteiger charge is -2.26. The highest BCUT2D eigenvalue weighted by molar-refractivity contribution is 6.07. The molecule has 1 N–H and O–H groups in total. The van der Waals surface area contributed by atoms with Gasteiger partial charge in [-0.3, -0.25) is 9.59 Å². The van der Waals surface area contributed by atoms with E-state index in [0.29, 0.717) is 37.4 Å². The average molecular weight is 443 g/mol. The Hall–Kier alpha value is -3.54. The van der Waals surface area contributed by atoms with E-state index in [9.17, 15) is 9.59 Å². The van der Waals surface area contributed by atoms with Crippen molar-refractivity contribution in [2.75, 3.05) is 13.1 Å². The van der Waals surface area contributed by atoms with Gasteiger partial charge in [0.25, 0.3) is 5.91 Å². The maximum Gasteiger partial charge on any atom is 0.272 e. The van der Waals surface area contributed by atoms with Crippen molar-refractivity contribution >= 4 is 28.4 Å². The van der Waals surface area contributed by atoms with Gasteiger partial charge >= 0.3 is 0 Å². The quantitative estimate of drug-likeness (QED) is 0.556. The summed E-state index contributed by atoms with van der Waals surface area (Å²) in [5, 5.41) is 5.15. The number of amides is 2. The zero-order valence-corrected chi connectivity index (χ0v) is 19.5. The van der Waals surface area contributed by atoms with Crippen LogP contribution in [0.1, 0.15) is 61.9 Å². The Kier molecular flexibility index (Phi) is 6.82. The van der Waals surface area contributed by atoms with Gasteiger partial charge in [0.2, 0.25) is 5.91 Å². The topological polar surface area (TPSA) is 74.7 Å². The van der Waals surface area contributed by atoms with Crippen molar-refractivity contribution in [1.29, 1.82) is 0 Å². The summed E-state index contributed by atoms with van der Waals surface area (Å²) in [5.41, 5.74) is 7.99. The van der Waals surface area contributed by atoms with E-state index in [1.54, 1.807) is 11.8 Å². The summed E-state index contributed by atoms with van der Waals surface area (Å²) in [7, 11) is 0. The summed E-state index contributed by atoms with van der Waals surface area (Å²) in [6.07, 6.45) is 2.43. The van der Waals surface area contributed by atoms with Crippen molar-refractivity contribution in [3.05, 3.63) is 65.7 Å². The van der Waals surface area contributed by atoms with Gasteiger partial charge in [0, 0.05) is 49.5 Å². The molecule has 6 heteroatoms. The van der Waals surface area contributed by atoms with Crippen molar-refractivity contribution in [1.82, 2.24) is 15.3 Å². The van der Waals surface area contributed by atoms with Crippen molar-refractivity contribution < 1.29 is 9.59 Å². The van der Waals surface area contributed by atoms with Crippen LogP contribution >= 0.6 is 0 Å². The molecule has 2 heterocycles. The van der Waals surface area contributed by atoms with E-state index in [-0.39, 0.29) is 11.8 Å². The Morgan fingerprint density at radius 2 is 1.79 bits per heavy atom. The van der Waals surface area contributed by atoms with Gasteiger partial charge in [-0.1, -0.05) is 56.3 Å². The van der Waals surface area contributed by atoms with Gasteiger partial charge in [0.15, 0.2) is 0 Å². The molecule has 6 nitrogen and oxygen atoms in total. The van der Waals surface area contributed by atoms with Crippen LogP contribution in [-0.2, 0) is 4.79 Å². The van der Waals surface area contributed by atoms with Crippen LogP contribution in [0.4, 0.5) is 0 Å². The number of nitrogens with one attached hydrogen (secondary N) is 1. The fourth-order valence-corrected chi connectivity index (χ4v) is 4.11. The zero-order valence-electron chi connectivity index (χ0n) is 19.5. The molecule has 1 saturated heterocycles. The smallest absolute Gasteiger partial charge is 0.272 e. The number of carbonyl (C=O) groups is 2. The molecule has 2 aromatic carbocycles. The standard InChI is InChI=1S/C27H30N4O2/c1-4-18(2)20-9-11-21(12-10-20)26-17-24(23-7-5-6-8-25(23)28-26)27(33)30-29-22-13-15-31(16-14-22)19(3)32/h5-12,17-18H,4,13-16H2,1-3H3,(H,30,33)/t18-/m1/s1. The molecule has 1 atom stereocenters. The fourth-order valence-electron chi connectivity index (χ4n) is 4.11. The van der Waals surface area contributed by atoms with Gasteiger partial charge in [-0.25, -0.2) is 10.4 Å². The highest BCUT2D eigenvalue weighted by Gasteiger charge is 2.18. The van der Waals surface area contributed by atoms with Crippen molar-refractivity contribution in [2.45, 2.75) is 46.0 Å². The molecule has 170 valence electrons. The van der Waals surface area contributed by atoms with E-state index in [2.05, 4.69) is 48.6 Å². The molecular weight excluding hydrogens is 412 g/mol. The number of piperidine rings is 1. The second-order valence-electron chi connectivity index (χ2n) is 8.63. The summed E-state index contributed by atoms with van der Waals surface area (Å²) >= 11 is 0. The number of para-hydroxylation sites is 1. The fraction of sp³-hybridized carbons (Fsp3) is 0.333. The number of nitrogens with zero attached hydrogens (tertiary/aromatic N) is 3. The molecule has 0 bridgehead atoms. The molecule has 2 amide bonds. The third-order valence-electron chi connectivity index (χ3n) is 6.45. The third-order valence-corrected chi connectivity index (χ3v) is 6.45. The monoisotopic (exact) mass is 442 g/mol. The molecule has 0 unspecified atom stereocenters. The van der Waals surface area contributed by atoms with Crippen LogP contribution in [0.3, 0.4) is 0 Å². The first-order valence-electron chi connectivity index (χ1n) is 11.6. The van der Waals surface area contributed by atoms with E-state index in [0.717, 1.165) is 34.3 Å². The van der Waals surface area contributed by atoms with Crippen LogP contribution in [0.15, 0.2) is 59.7 Å². The van der Waals surface area contributed by atoms with Gasteiger partial charge in [-0.2, -0.15) is 5.10 Å². The molecule has 1 aliphatic rings. The summed E-state index contributed by atoms with van der Waals surface area (Å²) in [6, 6.07) is 17.9. The van der Waals surface area contributed by atoms with E-state index in [4.69, 9.17) is 4.98 Å². The van der Waals surface area contributed by atoms with E-state index < -0.39 is 0 Å². The molecule has 0 aliphatic carbocycles. The molecule has 0 saturated carbocycles. The maximum absolute atomic E-state index is 13.1. The normalized spacial score (nSPS) is 14.8. The minimum absolute atomic E-state index is 0.0751. The molecule has 1 aromatic heterocycles. The van der Waals surface area contributed by atoms with Crippen molar-refractivity contribution in [3.63, 3.8) is 0 Å². The van der Waals surface area contributed by atoms with E-state index in [1.807, 2.05) is 30.3 Å². The number of hydrogen-bond donors (Lipinski definition) is 1. The lowest BCUT2D eigenvalue weighted by molar-refractivity contribution is -0.128. The van der Waals surface area contributed by atoms with Crippen molar-refractivity contribution in [2.24, 2.45) is 5.10 Å². The molecule has 3 aromatic rings. The average Bonchev–Trinajstić information content (AvgIpc) is 2.86. The van der Waals surface area contributed by atoms with Crippen LogP contribution in [-0.4, -0.2) is 40.5 Å². The highest BCUT2D eigenvalue weighted by atomic mass is 16.2. The Morgan fingerprint density at radius 3 is 2.45 bits per heavy atom. The van der Waals surface area contributed by atoms with Gasteiger partial charge < -0.3 is 4.90 Å². The summed E-state index contributed by atoms with van der Waals surface area (Å²) in [5.74, 6) is 0.324. The highest BCUT2D eigenvalue weighted by Crippen LogP contribution is 2.27. The van der Waals surface area contributed by atoms with Crippen LogP contribution < -0.4 is 5.43 Å². The number of benzene rings is 2. The lowest BCUT2D eigenvalue weighted by Crippen LogP contribution is -2.37. The van der Waals surface area contributed by atoms with Crippen LogP contribution in [0.2, 0.25) is 0 Å². The Bertz CT molecular complexity index is 1190. The molecule has 1 fully saturated rings. The minimum atomic E-state index is -0.257. The molecule has 1 aliphatic heterocycles. The van der Waals surface area contributed by atoms with Gasteiger partial charge in [0.05, 0.1) is 16.8 Å². The Morgan fingerprint density at radius 1 is 1.09 bits per heavy atom. The number of carbonyl (C=O) groups excluding carboxylic acids is 2. The second kappa shape index (κ2) is 9.94. The Labute approximate surface area is 194 Å². The number of rotatable bonds is 5. The molecule has 0 radical (unpaired) electrons. The van der Waals surface area contributed by atoms with E-state index in [1.165, 1.54) is 5.56 Å². The zero-order chi connectivity index (χ0) is 23.4. The maximum atomic E-state index is 13.1. The predicted molar refractivity (Wildman–Crippen MR) is 132 cm³/mol. The first-order chi connectivity index (χ1) is 16.0. The number of aromatic nitrogens is 1. The second-order valence-corrected chi connectivity index (χ2v) is 8.63. The number of hydrazone groups is 1. The molecule has 33 heavy (non-hydrogen) atoms. The number of hydrogen-bond acceptors (Lipinski definition) is 4. The minimum Gasteiger partial charge on any atom is -0.342 e. The summed E-state index contributed by atoms with van der Waals surface area (Å²) < 4.78 is 0. The molecular formula is C27H30N4O2. The summed E-state index contributed by atoms with van der Waals surface area (Å²) in [4.78, 5) is 31.2. The SMILES string of the molecule is CC[C@@H](C)c1ccc(-c2cc(C(=O)NN=C3CCN(C(C)=O)CC3)c3ccccc3n2)cc1. The van der Waals surface area contributed by atoms with Crippen LogP contribution in [0.5, 0.6) is 0 Å². The number of fused-ring (bicyclic) bond motifs is 1. The van der Waals surface area contributed by atoms with Gasteiger partial charge in [-0.05, 0) is 30.0 Å². The largest absolute Gasteiger partial charge is 0.342 e. The van der Waals surface area contributed by atoms with Gasteiger partial charge in [-0.15, -0.1) is 0 Å². The number of pyridine rings is 1. The predicted octanol–water partition coefficient (Wildman–Crippen LogP) is 5.14.